The van der Waals surface area contributed by atoms with Crippen molar-refractivity contribution in [3.63, 3.8) is 0 Å². The van der Waals surface area contributed by atoms with Gasteiger partial charge in [0.15, 0.2) is 0 Å². The normalized spacial score (nSPS) is 13.5. The van der Waals surface area contributed by atoms with E-state index in [1.807, 2.05) is 13.2 Å². The van der Waals surface area contributed by atoms with Crippen LogP contribution >= 0.6 is 11.8 Å². The summed E-state index contributed by atoms with van der Waals surface area (Å²) in [7, 11) is -1.90. The first-order valence-electron chi connectivity index (χ1n) is 5.87. The molecule has 1 rings (SSSR count). The molecule has 1 aromatic rings. The van der Waals surface area contributed by atoms with Gasteiger partial charge in [0.1, 0.15) is 10.7 Å². The van der Waals surface area contributed by atoms with Gasteiger partial charge < -0.3 is 5.43 Å². The van der Waals surface area contributed by atoms with Crippen molar-refractivity contribution in [1.29, 1.82) is 0 Å². The lowest BCUT2D eigenvalue weighted by molar-refractivity contribution is 0.385. The summed E-state index contributed by atoms with van der Waals surface area (Å²) in [6.07, 6.45) is 4.05. The number of sulfonamides is 1. The third kappa shape index (κ3) is 3.82. The van der Waals surface area contributed by atoms with Crippen LogP contribution in [0.4, 0.5) is 5.82 Å². The Bertz CT molecular complexity index is 490. The van der Waals surface area contributed by atoms with Gasteiger partial charge in [-0.05, 0) is 24.8 Å². The highest BCUT2D eigenvalue weighted by atomic mass is 32.2. The van der Waals surface area contributed by atoms with Gasteiger partial charge in [0.2, 0.25) is 10.0 Å². The lowest BCUT2D eigenvalue weighted by atomic mass is 10.3. The smallest absolute Gasteiger partial charge is 0.244 e. The molecule has 0 aliphatic heterocycles. The van der Waals surface area contributed by atoms with Crippen LogP contribution in [0.25, 0.3) is 0 Å². The Kier molecular flexibility index (Phi) is 6.05. The Morgan fingerprint density at radius 3 is 2.63 bits per heavy atom. The molecule has 0 spiro atoms. The molecule has 108 valence electrons. The van der Waals surface area contributed by atoms with E-state index in [1.165, 1.54) is 22.6 Å². The van der Waals surface area contributed by atoms with Gasteiger partial charge in [0, 0.05) is 25.0 Å². The van der Waals surface area contributed by atoms with Gasteiger partial charge in [-0.15, -0.1) is 0 Å². The molecule has 6 nitrogen and oxygen atoms in total. The van der Waals surface area contributed by atoms with Crippen molar-refractivity contribution in [2.45, 2.75) is 24.3 Å². The SMILES string of the molecule is CCC(CSC)N(C)S(=O)(=O)c1ccc(NN)nc1. The van der Waals surface area contributed by atoms with E-state index in [0.29, 0.717) is 5.82 Å². The fourth-order valence-corrected chi connectivity index (χ4v) is 3.97. The fourth-order valence-electron chi connectivity index (χ4n) is 1.65. The molecule has 8 heteroatoms. The zero-order chi connectivity index (χ0) is 14.5. The molecule has 0 saturated carbocycles. The summed E-state index contributed by atoms with van der Waals surface area (Å²) in [6.45, 7) is 1.98. The minimum atomic E-state index is -3.51. The summed E-state index contributed by atoms with van der Waals surface area (Å²) in [5.41, 5.74) is 2.37. The number of thioether (sulfide) groups is 1. The van der Waals surface area contributed by atoms with Gasteiger partial charge in [-0.2, -0.15) is 16.1 Å². The number of hydrogen-bond acceptors (Lipinski definition) is 6. The van der Waals surface area contributed by atoms with Gasteiger partial charge in [0.05, 0.1) is 0 Å². The zero-order valence-electron chi connectivity index (χ0n) is 11.3. The lowest BCUT2D eigenvalue weighted by Crippen LogP contribution is -2.38. The maximum absolute atomic E-state index is 12.4. The number of nitrogens with one attached hydrogen (secondary N) is 1. The summed E-state index contributed by atoms with van der Waals surface area (Å²) >= 11 is 1.63. The molecule has 19 heavy (non-hydrogen) atoms. The second kappa shape index (κ2) is 7.09. The first-order valence-corrected chi connectivity index (χ1v) is 8.70. The highest BCUT2D eigenvalue weighted by Gasteiger charge is 2.26. The van der Waals surface area contributed by atoms with Crippen LogP contribution in [0.3, 0.4) is 0 Å². The van der Waals surface area contributed by atoms with Crippen molar-refractivity contribution < 1.29 is 8.42 Å². The molecule has 1 aromatic heterocycles. The number of anilines is 1. The Morgan fingerprint density at radius 2 is 2.21 bits per heavy atom. The number of hydrazine groups is 1. The van der Waals surface area contributed by atoms with E-state index in [4.69, 9.17) is 5.84 Å². The van der Waals surface area contributed by atoms with Crippen LogP contribution in [0.1, 0.15) is 13.3 Å². The topological polar surface area (TPSA) is 88.3 Å². The highest BCUT2D eigenvalue weighted by molar-refractivity contribution is 7.98. The third-order valence-electron chi connectivity index (χ3n) is 2.91. The summed E-state index contributed by atoms with van der Waals surface area (Å²) < 4.78 is 26.3. The van der Waals surface area contributed by atoms with Crippen LogP contribution in [-0.4, -0.2) is 42.8 Å². The van der Waals surface area contributed by atoms with Crippen molar-refractivity contribution in [2.75, 3.05) is 24.5 Å². The van der Waals surface area contributed by atoms with Crippen LogP contribution < -0.4 is 11.3 Å². The molecule has 1 atom stereocenters. The standard InChI is InChI=1S/C11H20N4O2S2/c1-4-9(8-18-3)15(2)19(16,17)10-5-6-11(14-12)13-7-10/h5-7,9H,4,8,12H2,1-3H3,(H,13,14). The Morgan fingerprint density at radius 1 is 1.53 bits per heavy atom. The average molecular weight is 304 g/mol. The van der Waals surface area contributed by atoms with Crippen molar-refractivity contribution in [3.05, 3.63) is 18.3 Å². The molecule has 0 aliphatic carbocycles. The predicted octanol–water partition coefficient (Wildman–Crippen LogP) is 1.13. The van der Waals surface area contributed by atoms with E-state index in [9.17, 15) is 8.42 Å². The third-order valence-corrected chi connectivity index (χ3v) is 5.52. The summed E-state index contributed by atoms with van der Waals surface area (Å²) in [4.78, 5) is 4.10. The monoisotopic (exact) mass is 304 g/mol. The van der Waals surface area contributed by atoms with Crippen LogP contribution in [0.15, 0.2) is 23.2 Å². The minimum Gasteiger partial charge on any atom is -0.308 e. The average Bonchev–Trinajstić information content (AvgIpc) is 2.44. The Hall–Kier alpha value is -0.830. The molecule has 0 amide bonds. The summed E-state index contributed by atoms with van der Waals surface area (Å²) in [5, 5.41) is 0. The molecule has 0 aliphatic rings. The van der Waals surface area contributed by atoms with E-state index in [2.05, 4.69) is 10.4 Å². The second-order valence-corrected chi connectivity index (χ2v) is 6.97. The van der Waals surface area contributed by atoms with Crippen molar-refractivity contribution in [3.8, 4) is 0 Å². The first-order chi connectivity index (χ1) is 8.97. The maximum Gasteiger partial charge on any atom is 0.244 e. The van der Waals surface area contributed by atoms with E-state index < -0.39 is 10.0 Å². The van der Waals surface area contributed by atoms with Crippen LogP contribution in [0, 0.1) is 0 Å². The van der Waals surface area contributed by atoms with E-state index in [-0.39, 0.29) is 10.9 Å². The summed E-state index contributed by atoms with van der Waals surface area (Å²) in [6, 6.07) is 3.02. The number of nitrogen functional groups attached to an aromatic ring is 1. The molecule has 0 radical (unpaired) electrons. The summed E-state index contributed by atoms with van der Waals surface area (Å²) in [5.74, 6) is 6.40. The van der Waals surface area contributed by atoms with Gasteiger partial charge >= 0.3 is 0 Å². The van der Waals surface area contributed by atoms with Crippen LogP contribution in [0.2, 0.25) is 0 Å². The van der Waals surface area contributed by atoms with Crippen molar-refractivity contribution >= 4 is 27.6 Å². The van der Waals surface area contributed by atoms with E-state index in [0.717, 1.165) is 12.2 Å². The fraction of sp³-hybridized carbons (Fsp3) is 0.545. The molecule has 0 aromatic carbocycles. The van der Waals surface area contributed by atoms with Gasteiger partial charge in [-0.25, -0.2) is 19.2 Å². The molecule has 3 N–H and O–H groups in total. The number of nitrogens with zero attached hydrogens (tertiary/aromatic N) is 2. The van der Waals surface area contributed by atoms with Crippen LogP contribution in [-0.2, 0) is 10.0 Å². The second-order valence-electron chi connectivity index (χ2n) is 4.06. The predicted molar refractivity (Wildman–Crippen MR) is 79.5 cm³/mol. The number of pyridine rings is 1. The quantitative estimate of drug-likeness (QED) is 0.580. The molecule has 0 bridgehead atoms. The van der Waals surface area contributed by atoms with Crippen LogP contribution in [0.5, 0.6) is 0 Å². The molecule has 0 fully saturated rings. The first kappa shape index (κ1) is 16.2. The Labute approximate surface area is 118 Å². The number of nitrogens with two attached hydrogens (primary N) is 1. The number of hydrogen-bond donors (Lipinski definition) is 2. The lowest BCUT2D eigenvalue weighted by Gasteiger charge is -2.25. The van der Waals surface area contributed by atoms with Crippen molar-refractivity contribution in [1.82, 2.24) is 9.29 Å². The van der Waals surface area contributed by atoms with E-state index in [1.54, 1.807) is 18.8 Å². The molecular formula is C11H20N4O2S2. The minimum absolute atomic E-state index is 0.0210. The largest absolute Gasteiger partial charge is 0.308 e. The van der Waals surface area contributed by atoms with E-state index >= 15 is 0 Å². The molecule has 0 saturated heterocycles. The number of aromatic nitrogens is 1. The zero-order valence-corrected chi connectivity index (χ0v) is 13.0. The molecule has 1 heterocycles. The maximum atomic E-state index is 12.4. The Balaban J connectivity index is 3.00. The molecular weight excluding hydrogens is 284 g/mol. The van der Waals surface area contributed by atoms with Gasteiger partial charge in [-0.1, -0.05) is 6.92 Å². The molecule has 1 unspecified atom stereocenters. The highest BCUT2D eigenvalue weighted by Crippen LogP contribution is 2.19. The van der Waals surface area contributed by atoms with Crippen molar-refractivity contribution in [2.24, 2.45) is 5.84 Å². The van der Waals surface area contributed by atoms with Gasteiger partial charge in [0.25, 0.3) is 0 Å². The number of rotatable bonds is 7. The van der Waals surface area contributed by atoms with Gasteiger partial charge in [-0.3, -0.25) is 0 Å².